The van der Waals surface area contributed by atoms with Crippen LogP contribution in [0.3, 0.4) is 0 Å². The quantitative estimate of drug-likeness (QED) is 0.350. The van der Waals surface area contributed by atoms with Crippen molar-refractivity contribution < 1.29 is 23.8 Å². The predicted octanol–water partition coefficient (Wildman–Crippen LogP) is 3.76. The lowest BCUT2D eigenvalue weighted by molar-refractivity contribution is 0.0177. The monoisotopic (exact) mass is 450 g/mol. The fraction of sp³-hybridized carbons (Fsp3) is 0.571. The number of amides is 1. The second-order valence-electron chi connectivity index (χ2n) is 8.07. The number of nitrogens with zero attached hydrogens (tertiary/aromatic N) is 4. The zero-order valence-corrected chi connectivity index (χ0v) is 18.8. The van der Waals surface area contributed by atoms with Crippen molar-refractivity contribution in [1.29, 1.82) is 5.26 Å². The highest BCUT2D eigenvalue weighted by Gasteiger charge is 2.27. The average Bonchev–Trinajstić information content (AvgIpc) is 2.70. The van der Waals surface area contributed by atoms with Crippen molar-refractivity contribution in [2.24, 2.45) is 5.92 Å². The minimum Gasteiger partial charge on any atom is -0.477 e. The van der Waals surface area contributed by atoms with Crippen LogP contribution in [0.1, 0.15) is 56.2 Å². The molecular weight excluding hydrogens is 424 g/mol. The molecule has 1 fully saturated rings. The number of hydrogen-bond donors (Lipinski definition) is 0. The molecule has 0 spiro atoms. The molecule has 1 aromatic heterocycles. The van der Waals surface area contributed by atoms with E-state index in [0.717, 1.165) is 12.8 Å². The Labute approximate surface area is 186 Å². The molecule has 1 saturated heterocycles. The SMILES string of the molecule is C=CCOC(=O)c1c(Cl)nc(C#N)nc1OCCC1CCN(C(=O)OC(C)(C)C)CC1. The van der Waals surface area contributed by atoms with Gasteiger partial charge in [-0.2, -0.15) is 10.2 Å². The summed E-state index contributed by atoms with van der Waals surface area (Å²) in [5.74, 6) is -0.708. The molecule has 9 nitrogen and oxygen atoms in total. The lowest BCUT2D eigenvalue weighted by atomic mass is 9.94. The van der Waals surface area contributed by atoms with Gasteiger partial charge in [-0.25, -0.2) is 14.6 Å². The summed E-state index contributed by atoms with van der Waals surface area (Å²) < 4.78 is 16.1. The third kappa shape index (κ3) is 7.40. The maximum atomic E-state index is 12.3. The number of nitriles is 1. The van der Waals surface area contributed by atoms with Gasteiger partial charge in [-0.15, -0.1) is 0 Å². The van der Waals surface area contributed by atoms with Gasteiger partial charge in [0.2, 0.25) is 11.7 Å². The summed E-state index contributed by atoms with van der Waals surface area (Å²) in [5.41, 5.74) is -0.643. The predicted molar refractivity (Wildman–Crippen MR) is 113 cm³/mol. The molecule has 2 rings (SSSR count). The lowest BCUT2D eigenvalue weighted by Gasteiger charge is -2.33. The average molecular weight is 451 g/mol. The van der Waals surface area contributed by atoms with E-state index in [1.54, 1.807) is 11.0 Å². The molecule has 168 valence electrons. The molecule has 0 aromatic carbocycles. The minimum atomic E-state index is -0.755. The maximum absolute atomic E-state index is 12.3. The first-order valence-corrected chi connectivity index (χ1v) is 10.4. The number of hydrogen-bond acceptors (Lipinski definition) is 8. The van der Waals surface area contributed by atoms with E-state index in [2.05, 4.69) is 16.5 Å². The highest BCUT2D eigenvalue weighted by molar-refractivity contribution is 6.32. The molecule has 0 saturated carbocycles. The Morgan fingerprint density at radius 3 is 2.58 bits per heavy atom. The maximum Gasteiger partial charge on any atom is 0.410 e. The molecule has 1 amide bonds. The number of carbonyl (C=O) groups excluding carboxylic acids is 2. The van der Waals surface area contributed by atoms with Gasteiger partial charge in [0, 0.05) is 13.1 Å². The molecule has 0 radical (unpaired) electrons. The first-order chi connectivity index (χ1) is 14.6. The number of halogens is 1. The first-order valence-electron chi connectivity index (χ1n) is 10.0. The Morgan fingerprint density at radius 1 is 1.32 bits per heavy atom. The van der Waals surface area contributed by atoms with Crippen LogP contribution < -0.4 is 4.74 Å². The van der Waals surface area contributed by atoms with Crippen molar-refractivity contribution in [1.82, 2.24) is 14.9 Å². The first kappa shape index (κ1) is 24.4. The largest absolute Gasteiger partial charge is 0.477 e. The molecule has 10 heteroatoms. The Balaban J connectivity index is 1.93. The highest BCUT2D eigenvalue weighted by atomic mass is 35.5. The fourth-order valence-corrected chi connectivity index (χ4v) is 3.24. The Hall–Kier alpha value is -2.86. The smallest absolute Gasteiger partial charge is 0.410 e. The van der Waals surface area contributed by atoms with Crippen molar-refractivity contribution >= 4 is 23.7 Å². The summed E-state index contributed by atoms with van der Waals surface area (Å²) in [6.07, 6.45) is 3.42. The molecule has 1 aliphatic heterocycles. The van der Waals surface area contributed by atoms with Crippen molar-refractivity contribution in [3.63, 3.8) is 0 Å². The molecule has 1 aromatic rings. The van der Waals surface area contributed by atoms with Gasteiger partial charge in [0.15, 0.2) is 10.7 Å². The Morgan fingerprint density at radius 2 is 2.00 bits per heavy atom. The van der Waals surface area contributed by atoms with Crippen molar-refractivity contribution in [2.75, 3.05) is 26.3 Å². The number of rotatable bonds is 7. The van der Waals surface area contributed by atoms with E-state index in [9.17, 15) is 9.59 Å². The Bertz CT molecular complexity index is 855. The van der Waals surface area contributed by atoms with E-state index in [1.165, 1.54) is 6.08 Å². The van der Waals surface area contributed by atoms with Gasteiger partial charge in [0.25, 0.3) is 0 Å². The fourth-order valence-electron chi connectivity index (χ4n) is 3.00. The standard InChI is InChI=1S/C21H27ClN4O5/c1-5-11-30-19(27)16-17(22)24-15(13-23)25-18(16)29-12-8-14-6-9-26(10-7-14)20(28)31-21(2,3)4/h5,14H,1,6-12H2,2-4H3. The van der Waals surface area contributed by atoms with Crippen LogP contribution >= 0.6 is 11.6 Å². The van der Waals surface area contributed by atoms with Gasteiger partial charge in [-0.1, -0.05) is 24.3 Å². The van der Waals surface area contributed by atoms with Crippen LogP contribution in [-0.2, 0) is 9.47 Å². The molecule has 0 atom stereocenters. The molecular formula is C21H27ClN4O5. The van der Waals surface area contributed by atoms with Crippen LogP contribution in [0.25, 0.3) is 0 Å². The van der Waals surface area contributed by atoms with E-state index in [4.69, 9.17) is 31.1 Å². The van der Waals surface area contributed by atoms with E-state index < -0.39 is 11.6 Å². The van der Waals surface area contributed by atoms with E-state index in [0.29, 0.717) is 25.4 Å². The molecule has 0 unspecified atom stereocenters. The van der Waals surface area contributed by atoms with Gasteiger partial charge in [0.1, 0.15) is 18.3 Å². The highest BCUT2D eigenvalue weighted by Crippen LogP contribution is 2.26. The summed E-state index contributed by atoms with van der Waals surface area (Å²) in [4.78, 5) is 33.9. The van der Waals surface area contributed by atoms with Crippen LogP contribution in [0.4, 0.5) is 4.79 Å². The number of ether oxygens (including phenoxy) is 3. The minimum absolute atomic E-state index is 0.00910. The Kier molecular flexibility index (Phi) is 8.63. The summed E-state index contributed by atoms with van der Waals surface area (Å²) in [6.45, 7) is 10.5. The third-order valence-electron chi connectivity index (χ3n) is 4.50. The van der Waals surface area contributed by atoms with Crippen molar-refractivity contribution in [3.05, 3.63) is 29.2 Å². The number of carbonyl (C=O) groups is 2. The third-order valence-corrected chi connectivity index (χ3v) is 4.77. The second-order valence-corrected chi connectivity index (χ2v) is 8.42. The number of piperidine rings is 1. The van der Waals surface area contributed by atoms with Gasteiger partial charge >= 0.3 is 12.1 Å². The van der Waals surface area contributed by atoms with Gasteiger partial charge in [-0.3, -0.25) is 0 Å². The van der Waals surface area contributed by atoms with E-state index in [-0.39, 0.29) is 41.7 Å². The number of esters is 1. The summed E-state index contributed by atoms with van der Waals surface area (Å²) in [7, 11) is 0. The zero-order chi connectivity index (χ0) is 23.0. The summed E-state index contributed by atoms with van der Waals surface area (Å²) in [5, 5.41) is 8.86. The normalized spacial score (nSPS) is 14.5. The molecule has 0 N–H and O–H groups in total. The van der Waals surface area contributed by atoms with E-state index in [1.807, 2.05) is 20.8 Å². The summed E-state index contributed by atoms with van der Waals surface area (Å²) >= 11 is 6.05. The number of likely N-dealkylation sites (tertiary alicyclic amines) is 1. The topological polar surface area (TPSA) is 115 Å². The van der Waals surface area contributed by atoms with Gasteiger partial charge in [-0.05, 0) is 46.0 Å². The van der Waals surface area contributed by atoms with Gasteiger partial charge < -0.3 is 19.1 Å². The van der Waals surface area contributed by atoms with Crippen LogP contribution in [0.2, 0.25) is 5.15 Å². The van der Waals surface area contributed by atoms with Crippen LogP contribution in [0.5, 0.6) is 5.88 Å². The molecule has 0 aliphatic carbocycles. The molecule has 2 heterocycles. The van der Waals surface area contributed by atoms with Crippen LogP contribution in [0, 0.1) is 17.2 Å². The summed E-state index contributed by atoms with van der Waals surface area (Å²) in [6, 6.07) is 1.78. The molecule has 1 aliphatic rings. The van der Waals surface area contributed by atoms with Crippen LogP contribution in [0.15, 0.2) is 12.7 Å². The zero-order valence-electron chi connectivity index (χ0n) is 18.0. The van der Waals surface area contributed by atoms with Crippen LogP contribution in [-0.4, -0.2) is 58.8 Å². The van der Waals surface area contributed by atoms with Crippen molar-refractivity contribution in [2.45, 2.75) is 45.6 Å². The molecule has 0 bridgehead atoms. The number of aromatic nitrogens is 2. The second kappa shape index (κ2) is 11.0. The van der Waals surface area contributed by atoms with Crippen molar-refractivity contribution in [3.8, 4) is 11.9 Å². The van der Waals surface area contributed by atoms with E-state index >= 15 is 0 Å². The lowest BCUT2D eigenvalue weighted by Crippen LogP contribution is -2.41. The van der Waals surface area contributed by atoms with Gasteiger partial charge in [0.05, 0.1) is 6.61 Å². The molecule has 31 heavy (non-hydrogen) atoms.